The Morgan fingerprint density at radius 2 is 1.53 bits per heavy atom. The Kier molecular flexibility index (Phi) is 4.86. The number of aromatic hydroxyl groups is 1. The molecule has 3 aromatic carbocycles. The summed E-state index contributed by atoms with van der Waals surface area (Å²) in [6.45, 7) is 9.92. The number of fused-ring (bicyclic) bond motifs is 1. The van der Waals surface area contributed by atoms with Crippen molar-refractivity contribution in [1.29, 1.82) is 0 Å². The summed E-state index contributed by atoms with van der Waals surface area (Å²) >= 11 is 0. The molecule has 0 radical (unpaired) electrons. The lowest BCUT2D eigenvalue weighted by molar-refractivity contribution is 0.102. The van der Waals surface area contributed by atoms with Crippen LogP contribution < -0.4 is 5.32 Å². The molecule has 152 valence electrons. The highest BCUT2D eigenvalue weighted by Gasteiger charge is 2.19. The van der Waals surface area contributed by atoms with Crippen molar-refractivity contribution in [2.75, 3.05) is 5.32 Å². The first-order chi connectivity index (χ1) is 14.3. The molecule has 0 bridgehead atoms. The predicted molar refractivity (Wildman–Crippen MR) is 123 cm³/mol. The quantitative estimate of drug-likeness (QED) is 0.408. The highest BCUT2D eigenvalue weighted by molar-refractivity contribution is 6.05. The fourth-order valence-corrected chi connectivity index (χ4v) is 3.92. The number of para-hydroxylation sites is 1. The van der Waals surface area contributed by atoms with Crippen LogP contribution >= 0.6 is 0 Å². The van der Waals surface area contributed by atoms with E-state index in [0.29, 0.717) is 16.9 Å². The van der Waals surface area contributed by atoms with E-state index in [-0.39, 0.29) is 11.7 Å². The smallest absolute Gasteiger partial charge is 0.255 e. The summed E-state index contributed by atoms with van der Waals surface area (Å²) in [5.41, 5.74) is 7.94. The van der Waals surface area contributed by atoms with Crippen LogP contribution in [0.4, 0.5) is 5.69 Å². The number of nitrogens with zero attached hydrogens (tertiary/aromatic N) is 1. The molecule has 4 heteroatoms. The zero-order valence-electron chi connectivity index (χ0n) is 18.0. The van der Waals surface area contributed by atoms with Gasteiger partial charge in [-0.3, -0.25) is 4.79 Å². The molecule has 4 aromatic rings. The van der Waals surface area contributed by atoms with Crippen molar-refractivity contribution >= 4 is 22.5 Å². The van der Waals surface area contributed by atoms with Gasteiger partial charge in [0.05, 0.1) is 11.2 Å². The van der Waals surface area contributed by atoms with Gasteiger partial charge in [-0.15, -0.1) is 0 Å². The Hall–Kier alpha value is -3.53. The number of anilines is 1. The number of hydrogen-bond donors (Lipinski definition) is 2. The third-order valence-electron chi connectivity index (χ3n) is 6.08. The maximum Gasteiger partial charge on any atom is 0.255 e. The van der Waals surface area contributed by atoms with Crippen molar-refractivity contribution < 1.29 is 9.90 Å². The molecule has 1 amide bonds. The molecule has 0 saturated carbocycles. The van der Waals surface area contributed by atoms with Gasteiger partial charge >= 0.3 is 0 Å². The van der Waals surface area contributed by atoms with Gasteiger partial charge in [-0.2, -0.15) is 0 Å². The topological polar surface area (TPSA) is 54.3 Å². The minimum atomic E-state index is -0.167. The second-order valence-corrected chi connectivity index (χ2v) is 7.92. The van der Waals surface area contributed by atoms with Crippen LogP contribution in [-0.2, 0) is 0 Å². The number of aromatic nitrogens is 1. The standard InChI is InChI=1S/C26H26N2O2/c1-15-10-12-20(13-11-15)26(30)27-22-14-24(25(29)17(3)16(22)2)28-19(5)18(4)21-8-6-7-9-23(21)28/h6-14,29H,1-5H3,(H,27,30). The fraction of sp³-hybridized carbons (Fsp3) is 0.192. The predicted octanol–water partition coefficient (Wildman–Crippen LogP) is 6.13. The van der Waals surface area contributed by atoms with E-state index in [1.165, 1.54) is 5.56 Å². The molecule has 0 atom stereocenters. The molecule has 0 unspecified atom stereocenters. The minimum Gasteiger partial charge on any atom is -0.505 e. The number of carbonyl (C=O) groups is 1. The summed E-state index contributed by atoms with van der Waals surface area (Å²) in [5, 5.41) is 15.2. The van der Waals surface area contributed by atoms with Crippen LogP contribution in [0, 0.1) is 34.6 Å². The average molecular weight is 399 g/mol. The Morgan fingerprint density at radius 1 is 0.867 bits per heavy atom. The van der Waals surface area contributed by atoms with E-state index in [9.17, 15) is 9.90 Å². The number of rotatable bonds is 3. The Labute approximate surface area is 176 Å². The zero-order chi connectivity index (χ0) is 21.6. The lowest BCUT2D eigenvalue weighted by Crippen LogP contribution is -2.14. The molecule has 1 aromatic heterocycles. The summed E-state index contributed by atoms with van der Waals surface area (Å²) in [6.07, 6.45) is 0. The summed E-state index contributed by atoms with van der Waals surface area (Å²) in [6, 6.07) is 17.5. The SMILES string of the molecule is Cc1ccc(C(=O)Nc2cc(-n3c(C)c(C)c4ccccc43)c(O)c(C)c2C)cc1. The van der Waals surface area contributed by atoms with E-state index in [1.807, 2.05) is 63.2 Å². The Balaban J connectivity index is 1.86. The lowest BCUT2D eigenvalue weighted by Gasteiger charge is -2.18. The zero-order valence-corrected chi connectivity index (χ0v) is 18.0. The van der Waals surface area contributed by atoms with Crippen LogP contribution in [0.3, 0.4) is 0 Å². The van der Waals surface area contributed by atoms with Gasteiger partial charge in [0, 0.05) is 22.3 Å². The van der Waals surface area contributed by atoms with Crippen molar-refractivity contribution in [2.45, 2.75) is 34.6 Å². The van der Waals surface area contributed by atoms with Gasteiger partial charge < -0.3 is 15.0 Å². The third-order valence-corrected chi connectivity index (χ3v) is 6.08. The van der Waals surface area contributed by atoms with Crippen LogP contribution in [0.1, 0.15) is 38.3 Å². The molecule has 4 nitrogen and oxygen atoms in total. The molecule has 0 aliphatic carbocycles. The van der Waals surface area contributed by atoms with Gasteiger partial charge in [-0.05, 0) is 75.6 Å². The van der Waals surface area contributed by atoms with Crippen LogP contribution in [0.2, 0.25) is 0 Å². The molecule has 0 saturated heterocycles. The van der Waals surface area contributed by atoms with Gasteiger partial charge in [0.25, 0.3) is 5.91 Å². The van der Waals surface area contributed by atoms with E-state index in [1.54, 1.807) is 0 Å². The van der Waals surface area contributed by atoms with Crippen molar-refractivity contribution in [3.63, 3.8) is 0 Å². The van der Waals surface area contributed by atoms with Gasteiger partial charge in [0.15, 0.2) is 0 Å². The van der Waals surface area contributed by atoms with Crippen molar-refractivity contribution in [2.24, 2.45) is 0 Å². The number of amides is 1. The number of phenolic OH excluding ortho intramolecular Hbond substituents is 1. The van der Waals surface area contributed by atoms with E-state index in [2.05, 4.69) is 35.9 Å². The molecule has 30 heavy (non-hydrogen) atoms. The van der Waals surface area contributed by atoms with Crippen LogP contribution in [0.5, 0.6) is 5.75 Å². The maximum absolute atomic E-state index is 12.8. The number of nitrogens with one attached hydrogen (secondary N) is 1. The molecule has 0 fully saturated rings. The molecule has 0 aliphatic heterocycles. The van der Waals surface area contributed by atoms with E-state index >= 15 is 0 Å². The Bertz CT molecular complexity index is 1280. The van der Waals surface area contributed by atoms with Crippen molar-refractivity contribution in [3.05, 3.63) is 88.1 Å². The molecule has 1 heterocycles. The maximum atomic E-state index is 12.8. The van der Waals surface area contributed by atoms with Crippen LogP contribution in [0.25, 0.3) is 16.6 Å². The van der Waals surface area contributed by atoms with Gasteiger partial charge in [0.2, 0.25) is 0 Å². The van der Waals surface area contributed by atoms with E-state index in [4.69, 9.17) is 0 Å². The highest BCUT2D eigenvalue weighted by Crippen LogP contribution is 2.38. The monoisotopic (exact) mass is 398 g/mol. The van der Waals surface area contributed by atoms with E-state index < -0.39 is 0 Å². The van der Waals surface area contributed by atoms with E-state index in [0.717, 1.165) is 33.3 Å². The summed E-state index contributed by atoms with van der Waals surface area (Å²) in [4.78, 5) is 12.8. The largest absolute Gasteiger partial charge is 0.505 e. The van der Waals surface area contributed by atoms with Crippen molar-refractivity contribution in [1.82, 2.24) is 4.57 Å². The second kappa shape index (κ2) is 7.38. The first kappa shape index (κ1) is 19.8. The first-order valence-corrected chi connectivity index (χ1v) is 10.1. The summed E-state index contributed by atoms with van der Waals surface area (Å²) in [5.74, 6) is 0.0593. The summed E-state index contributed by atoms with van der Waals surface area (Å²) in [7, 11) is 0. The molecular formula is C26H26N2O2. The third kappa shape index (κ3) is 3.14. The van der Waals surface area contributed by atoms with Crippen LogP contribution in [-0.4, -0.2) is 15.6 Å². The summed E-state index contributed by atoms with van der Waals surface area (Å²) < 4.78 is 2.06. The van der Waals surface area contributed by atoms with Gasteiger partial charge in [-0.25, -0.2) is 0 Å². The first-order valence-electron chi connectivity index (χ1n) is 10.1. The van der Waals surface area contributed by atoms with Crippen LogP contribution in [0.15, 0.2) is 54.6 Å². The second-order valence-electron chi connectivity index (χ2n) is 7.92. The molecule has 4 rings (SSSR count). The number of phenols is 1. The number of hydrogen-bond acceptors (Lipinski definition) is 2. The number of aryl methyl sites for hydroxylation is 2. The number of benzene rings is 3. The molecule has 0 spiro atoms. The van der Waals surface area contributed by atoms with Gasteiger partial charge in [-0.1, -0.05) is 35.9 Å². The molecule has 2 N–H and O–H groups in total. The highest BCUT2D eigenvalue weighted by atomic mass is 16.3. The minimum absolute atomic E-state index is 0.167. The normalized spacial score (nSPS) is 11.1. The lowest BCUT2D eigenvalue weighted by atomic mass is 10.0. The van der Waals surface area contributed by atoms with Gasteiger partial charge in [0.1, 0.15) is 5.75 Å². The molecular weight excluding hydrogens is 372 g/mol. The number of carbonyl (C=O) groups excluding carboxylic acids is 1. The fourth-order valence-electron chi connectivity index (χ4n) is 3.92. The van der Waals surface area contributed by atoms with Crippen molar-refractivity contribution in [3.8, 4) is 11.4 Å². The average Bonchev–Trinajstić information content (AvgIpc) is 2.99. The Morgan fingerprint density at radius 3 is 2.23 bits per heavy atom. The molecule has 0 aliphatic rings.